The first kappa shape index (κ1) is 24.1. The van der Waals surface area contributed by atoms with E-state index in [1.54, 1.807) is 0 Å². The minimum Gasteiger partial charge on any atom is -0.105 e. The van der Waals surface area contributed by atoms with Crippen molar-refractivity contribution in [2.45, 2.75) is 25.2 Å². The van der Waals surface area contributed by atoms with Crippen LogP contribution in [0.4, 0.5) is 0 Å². The largest absolute Gasteiger partial charge is 0.105 e. The van der Waals surface area contributed by atoms with Gasteiger partial charge in [0.15, 0.2) is 0 Å². The smallest absolute Gasteiger partial charge is 0.00624 e. The number of hydrogen-bond donors (Lipinski definition) is 0. The Kier molecular flexibility index (Phi) is 6.35. The lowest BCUT2D eigenvalue weighted by atomic mass is 9.85. The Labute approximate surface area is 233 Å². The fraction of sp³-hybridized carbons (Fsp3) is 0.105. The number of benzene rings is 5. The van der Waals surface area contributed by atoms with Crippen LogP contribution >= 0.6 is 9.24 Å². The lowest BCUT2D eigenvalue weighted by Gasteiger charge is -2.22. The average Bonchev–Trinajstić information content (AvgIpc) is 3.01. The molecule has 0 aromatic heterocycles. The number of aryl methyl sites for hydroxylation is 1. The van der Waals surface area contributed by atoms with Crippen LogP contribution in [0.5, 0.6) is 0 Å². The van der Waals surface area contributed by atoms with E-state index in [0.717, 1.165) is 19.3 Å². The van der Waals surface area contributed by atoms with E-state index < -0.39 is 0 Å². The highest BCUT2D eigenvalue weighted by molar-refractivity contribution is 7.28. The molecule has 0 saturated carbocycles. The molecule has 7 rings (SSSR count). The Morgan fingerprint density at radius 1 is 0.615 bits per heavy atom. The Bertz CT molecular complexity index is 1770. The molecule has 39 heavy (non-hydrogen) atoms. The van der Waals surface area contributed by atoms with Crippen LogP contribution in [0.15, 0.2) is 127 Å². The summed E-state index contributed by atoms with van der Waals surface area (Å²) in [7, 11) is 3.07. The molecule has 0 spiro atoms. The van der Waals surface area contributed by atoms with Crippen molar-refractivity contribution in [3.63, 3.8) is 0 Å². The van der Waals surface area contributed by atoms with Crippen LogP contribution in [0.3, 0.4) is 0 Å². The molecule has 0 saturated heterocycles. The topological polar surface area (TPSA) is 0 Å². The van der Waals surface area contributed by atoms with Gasteiger partial charge in [0.1, 0.15) is 0 Å². The van der Waals surface area contributed by atoms with Crippen molar-refractivity contribution in [2.24, 2.45) is 0 Å². The van der Waals surface area contributed by atoms with Crippen LogP contribution in [0.2, 0.25) is 0 Å². The van der Waals surface area contributed by atoms with Crippen LogP contribution in [0.25, 0.3) is 44.7 Å². The lowest BCUT2D eigenvalue weighted by Crippen LogP contribution is -2.11. The molecule has 2 aliphatic carbocycles. The lowest BCUT2D eigenvalue weighted by molar-refractivity contribution is 0.863. The van der Waals surface area contributed by atoms with Gasteiger partial charge in [-0.2, -0.15) is 0 Å². The fourth-order valence-electron chi connectivity index (χ4n) is 6.21. The third-order valence-electron chi connectivity index (χ3n) is 8.31. The van der Waals surface area contributed by atoms with Gasteiger partial charge < -0.3 is 0 Å². The fourth-order valence-corrected chi connectivity index (χ4v) is 6.77. The van der Waals surface area contributed by atoms with Crippen LogP contribution in [-0.4, -0.2) is 0 Å². The zero-order chi connectivity index (χ0) is 26.2. The van der Waals surface area contributed by atoms with Crippen LogP contribution < -0.4 is 5.30 Å². The Morgan fingerprint density at radius 3 is 2.21 bits per heavy atom. The zero-order valence-corrected chi connectivity index (χ0v) is 23.1. The molecule has 0 radical (unpaired) electrons. The predicted molar refractivity (Wildman–Crippen MR) is 172 cm³/mol. The molecular weight excluding hydrogens is 487 g/mol. The Morgan fingerprint density at radius 2 is 1.38 bits per heavy atom. The molecule has 0 fully saturated rings. The summed E-state index contributed by atoms with van der Waals surface area (Å²) in [6, 6.07) is 37.8. The van der Waals surface area contributed by atoms with E-state index in [2.05, 4.69) is 143 Å². The number of hydrogen-bond acceptors (Lipinski definition) is 0. The van der Waals surface area contributed by atoms with Gasteiger partial charge in [0, 0.05) is 5.92 Å². The van der Waals surface area contributed by atoms with Gasteiger partial charge in [-0.25, -0.2) is 0 Å². The second-order valence-corrected chi connectivity index (χ2v) is 11.2. The van der Waals surface area contributed by atoms with E-state index in [-0.39, 0.29) is 0 Å². The highest BCUT2D eigenvalue weighted by Crippen LogP contribution is 2.37. The molecule has 1 heteroatoms. The summed E-state index contributed by atoms with van der Waals surface area (Å²) in [4.78, 5) is 0. The number of allylic oxidation sites excluding steroid dienone is 5. The van der Waals surface area contributed by atoms with Crippen LogP contribution in [0.1, 0.15) is 41.0 Å². The molecule has 0 heterocycles. The highest BCUT2D eigenvalue weighted by atomic mass is 31.0. The van der Waals surface area contributed by atoms with Crippen LogP contribution in [0, 0.1) is 0 Å². The first-order chi connectivity index (χ1) is 19.3. The Balaban J connectivity index is 1.17. The minimum absolute atomic E-state index is 0.371. The second-order valence-electron chi connectivity index (χ2n) is 10.6. The van der Waals surface area contributed by atoms with E-state index in [0.29, 0.717) is 5.92 Å². The van der Waals surface area contributed by atoms with Crippen molar-refractivity contribution >= 4 is 37.0 Å². The normalized spacial score (nSPS) is 16.2. The van der Waals surface area contributed by atoms with E-state index >= 15 is 0 Å². The molecule has 2 aliphatic rings. The summed E-state index contributed by atoms with van der Waals surface area (Å²) in [6.07, 6.45) is 15.0. The van der Waals surface area contributed by atoms with Crippen molar-refractivity contribution in [3.05, 3.63) is 150 Å². The van der Waals surface area contributed by atoms with Gasteiger partial charge in [0.25, 0.3) is 0 Å². The van der Waals surface area contributed by atoms with Gasteiger partial charge in [0.2, 0.25) is 0 Å². The molecule has 0 aliphatic heterocycles. The summed E-state index contributed by atoms with van der Waals surface area (Å²) in [5.74, 6) is 0.371. The highest BCUT2D eigenvalue weighted by Gasteiger charge is 2.18. The maximum absolute atomic E-state index is 3.07. The maximum Gasteiger partial charge on any atom is 0.00624 e. The second kappa shape index (κ2) is 10.3. The van der Waals surface area contributed by atoms with Crippen LogP contribution in [-0.2, 0) is 6.42 Å². The Hall–Kier alpha value is -3.99. The zero-order valence-electron chi connectivity index (χ0n) is 22.0. The monoisotopic (exact) mass is 518 g/mol. The molecular formula is C38H31P. The quantitative estimate of drug-likeness (QED) is 0.208. The summed E-state index contributed by atoms with van der Waals surface area (Å²) in [5, 5.41) is 4.00. The number of rotatable bonds is 4. The average molecular weight is 519 g/mol. The van der Waals surface area contributed by atoms with Crippen molar-refractivity contribution in [1.82, 2.24) is 0 Å². The van der Waals surface area contributed by atoms with Gasteiger partial charge in [-0.1, -0.05) is 134 Å². The van der Waals surface area contributed by atoms with Crippen molar-refractivity contribution in [3.8, 4) is 22.3 Å². The third-order valence-corrected chi connectivity index (χ3v) is 8.96. The molecule has 188 valence electrons. The summed E-state index contributed by atoms with van der Waals surface area (Å²) >= 11 is 0. The SMILES string of the molecule is Pc1c(-c2cccc3c4c(ccc23)CCC=C4)cccc1C1C=CC(c2ccc(-c3ccccc3)cc2)=CC1. The molecule has 0 amide bonds. The molecule has 0 bridgehead atoms. The van der Waals surface area contributed by atoms with Crippen molar-refractivity contribution in [2.75, 3.05) is 0 Å². The molecule has 5 aromatic rings. The first-order valence-corrected chi connectivity index (χ1v) is 14.5. The van der Waals surface area contributed by atoms with E-state index in [9.17, 15) is 0 Å². The molecule has 0 N–H and O–H groups in total. The van der Waals surface area contributed by atoms with Gasteiger partial charge in [-0.3, -0.25) is 0 Å². The molecule has 0 nitrogen and oxygen atoms in total. The van der Waals surface area contributed by atoms with E-state index in [1.807, 2.05) is 0 Å². The minimum atomic E-state index is 0.371. The number of fused-ring (bicyclic) bond motifs is 3. The third kappa shape index (κ3) is 4.50. The summed E-state index contributed by atoms with van der Waals surface area (Å²) < 4.78 is 0. The molecule has 2 unspecified atom stereocenters. The summed E-state index contributed by atoms with van der Waals surface area (Å²) in [6.45, 7) is 0. The maximum atomic E-state index is 3.07. The summed E-state index contributed by atoms with van der Waals surface area (Å²) in [5.41, 5.74) is 12.0. The van der Waals surface area contributed by atoms with E-state index in [1.165, 1.54) is 66.2 Å². The standard InChI is InChI=1S/C38H31P/c39-38-33(31-22-20-29(21-23-31)28-18-16-27(17-19-28)26-8-2-1-3-9-26)12-6-15-37(38)35-14-7-13-34-32-11-5-4-10-30(32)24-25-36(34)35/h1-3,5-9,11-22,24-25,31H,4,10,23,39H2. The molecule has 5 aromatic carbocycles. The van der Waals surface area contributed by atoms with Crippen molar-refractivity contribution in [1.29, 1.82) is 0 Å². The first-order valence-electron chi connectivity index (χ1n) is 13.9. The van der Waals surface area contributed by atoms with Gasteiger partial charge in [-0.05, 0) is 85.4 Å². The molecule has 2 atom stereocenters. The predicted octanol–water partition coefficient (Wildman–Crippen LogP) is 9.76. The van der Waals surface area contributed by atoms with Gasteiger partial charge in [-0.15, -0.1) is 9.24 Å². The van der Waals surface area contributed by atoms with Gasteiger partial charge >= 0.3 is 0 Å². The van der Waals surface area contributed by atoms with E-state index in [4.69, 9.17) is 0 Å². The van der Waals surface area contributed by atoms with Crippen molar-refractivity contribution < 1.29 is 0 Å². The van der Waals surface area contributed by atoms with Gasteiger partial charge in [0.05, 0.1) is 0 Å².